The van der Waals surface area contributed by atoms with Crippen LogP contribution in [-0.2, 0) is 13.0 Å². The van der Waals surface area contributed by atoms with Crippen molar-refractivity contribution in [3.05, 3.63) is 63.7 Å². The smallest absolute Gasteiger partial charge is 0.407 e. The van der Waals surface area contributed by atoms with E-state index in [-0.39, 0.29) is 18.1 Å². The first-order valence-electron chi connectivity index (χ1n) is 8.07. The number of carboxylic acid groups (broad SMARTS) is 1. The van der Waals surface area contributed by atoms with Gasteiger partial charge in [0.1, 0.15) is 11.6 Å². The molecule has 9 heteroatoms. The number of hydrogen-bond acceptors (Lipinski definition) is 3. The predicted molar refractivity (Wildman–Crippen MR) is 90.3 cm³/mol. The van der Waals surface area contributed by atoms with Crippen LogP contribution in [0.5, 0.6) is 0 Å². The number of nitrogens with zero attached hydrogens (tertiary/aromatic N) is 4. The second-order valence-electron chi connectivity index (χ2n) is 6.18. The molecule has 1 amide bonds. The normalized spacial score (nSPS) is 13.7. The second kappa shape index (κ2) is 5.87. The van der Waals surface area contributed by atoms with E-state index in [1.54, 1.807) is 29.9 Å². The molecule has 2 aromatic heterocycles. The summed E-state index contributed by atoms with van der Waals surface area (Å²) in [6.45, 7) is 2.12. The lowest BCUT2D eigenvalue weighted by molar-refractivity contribution is 0.140. The van der Waals surface area contributed by atoms with Crippen LogP contribution in [0.4, 0.5) is 9.18 Å². The molecule has 3 aromatic rings. The number of aromatic amines is 1. The molecule has 0 radical (unpaired) electrons. The number of halogens is 1. The number of fused-ring (bicyclic) bond motifs is 1. The number of carbonyl (C=O) groups is 1. The van der Waals surface area contributed by atoms with Gasteiger partial charge < -0.3 is 15.0 Å². The van der Waals surface area contributed by atoms with E-state index in [0.29, 0.717) is 35.6 Å². The van der Waals surface area contributed by atoms with Gasteiger partial charge in [0.05, 0.1) is 17.9 Å². The van der Waals surface area contributed by atoms with E-state index in [9.17, 15) is 19.1 Å². The number of hydrogen-bond donors (Lipinski definition) is 2. The number of rotatable bonds is 2. The first kappa shape index (κ1) is 16.1. The van der Waals surface area contributed by atoms with Crippen molar-refractivity contribution in [2.24, 2.45) is 0 Å². The molecule has 0 atom stereocenters. The van der Waals surface area contributed by atoms with Crippen LogP contribution in [0.2, 0.25) is 0 Å². The fraction of sp³-hybridized carbons (Fsp3) is 0.235. The molecule has 1 aromatic carbocycles. The topological polar surface area (TPSA) is 96.2 Å². The van der Waals surface area contributed by atoms with Gasteiger partial charge in [0, 0.05) is 30.9 Å². The highest BCUT2D eigenvalue weighted by molar-refractivity contribution is 5.66. The lowest BCUT2D eigenvalue weighted by Gasteiger charge is -2.23. The molecule has 0 aliphatic carbocycles. The highest BCUT2D eigenvalue weighted by Crippen LogP contribution is 2.27. The van der Waals surface area contributed by atoms with Gasteiger partial charge in [-0.15, -0.1) is 0 Å². The van der Waals surface area contributed by atoms with Gasteiger partial charge in [-0.3, -0.25) is 4.57 Å². The summed E-state index contributed by atoms with van der Waals surface area (Å²) in [6.07, 6.45) is 2.49. The molecule has 3 heterocycles. The van der Waals surface area contributed by atoms with Crippen molar-refractivity contribution in [1.29, 1.82) is 0 Å². The second-order valence-corrected chi connectivity index (χ2v) is 6.18. The molecule has 4 rings (SSSR count). The molecule has 8 nitrogen and oxygen atoms in total. The molecule has 0 spiro atoms. The van der Waals surface area contributed by atoms with E-state index in [1.807, 2.05) is 0 Å². The Balaban J connectivity index is 1.95. The summed E-state index contributed by atoms with van der Waals surface area (Å²) in [5, 5.41) is 13.9. The van der Waals surface area contributed by atoms with Crippen molar-refractivity contribution in [1.82, 2.24) is 24.2 Å². The molecular weight excluding hydrogens is 341 g/mol. The third-order valence-electron chi connectivity index (χ3n) is 4.54. The minimum atomic E-state index is -1.02. The number of amides is 1. The molecule has 1 aliphatic heterocycles. The highest BCUT2D eigenvalue weighted by atomic mass is 19.1. The Morgan fingerprint density at radius 2 is 2.19 bits per heavy atom. The molecule has 0 saturated carbocycles. The molecular formula is C17H16FN5O3. The molecule has 26 heavy (non-hydrogen) atoms. The fourth-order valence-electron chi connectivity index (χ4n) is 3.20. The minimum absolute atomic E-state index is 0.137. The maximum atomic E-state index is 13.7. The zero-order chi connectivity index (χ0) is 18.4. The summed E-state index contributed by atoms with van der Waals surface area (Å²) in [7, 11) is 0. The van der Waals surface area contributed by atoms with Crippen molar-refractivity contribution in [2.45, 2.75) is 19.9 Å². The summed E-state index contributed by atoms with van der Waals surface area (Å²) in [5.74, 6) is 0.131. The fourth-order valence-corrected chi connectivity index (χ4v) is 3.20. The Labute approximate surface area is 147 Å². The summed E-state index contributed by atoms with van der Waals surface area (Å²) >= 11 is 0. The summed E-state index contributed by atoms with van der Waals surface area (Å²) in [5.41, 5.74) is 2.09. The Morgan fingerprint density at radius 1 is 1.38 bits per heavy atom. The summed E-state index contributed by atoms with van der Waals surface area (Å²) in [4.78, 5) is 27.4. The van der Waals surface area contributed by atoms with Gasteiger partial charge in [0.15, 0.2) is 0 Å². The number of nitrogens with one attached hydrogen (secondary N) is 1. The minimum Gasteiger partial charge on any atom is -0.465 e. The van der Waals surface area contributed by atoms with Crippen LogP contribution in [0.25, 0.3) is 11.5 Å². The predicted octanol–water partition coefficient (Wildman–Crippen LogP) is 1.83. The first-order chi connectivity index (χ1) is 12.5. The van der Waals surface area contributed by atoms with Crippen molar-refractivity contribution in [3.8, 4) is 11.5 Å². The van der Waals surface area contributed by atoms with E-state index in [2.05, 4.69) is 10.1 Å². The van der Waals surface area contributed by atoms with Gasteiger partial charge in [-0.25, -0.2) is 18.7 Å². The van der Waals surface area contributed by atoms with Crippen LogP contribution < -0.4 is 5.69 Å². The Morgan fingerprint density at radius 3 is 2.85 bits per heavy atom. The van der Waals surface area contributed by atoms with Gasteiger partial charge in [-0.05, 0) is 30.7 Å². The molecule has 134 valence electrons. The maximum absolute atomic E-state index is 13.7. The maximum Gasteiger partial charge on any atom is 0.407 e. The van der Waals surface area contributed by atoms with Crippen LogP contribution in [0.15, 0.2) is 35.4 Å². The number of benzene rings is 1. The van der Waals surface area contributed by atoms with Crippen LogP contribution in [0.1, 0.15) is 16.8 Å². The van der Waals surface area contributed by atoms with Gasteiger partial charge >= 0.3 is 11.8 Å². The first-order valence-corrected chi connectivity index (χ1v) is 8.07. The Hall–Kier alpha value is -3.36. The zero-order valence-corrected chi connectivity index (χ0v) is 13.9. The van der Waals surface area contributed by atoms with Gasteiger partial charge in [-0.2, -0.15) is 5.10 Å². The van der Waals surface area contributed by atoms with Gasteiger partial charge in [0.2, 0.25) is 0 Å². The van der Waals surface area contributed by atoms with Crippen LogP contribution in [-0.4, -0.2) is 42.0 Å². The van der Waals surface area contributed by atoms with Crippen molar-refractivity contribution in [2.75, 3.05) is 6.54 Å². The third kappa shape index (κ3) is 2.48. The van der Waals surface area contributed by atoms with E-state index < -0.39 is 6.09 Å². The van der Waals surface area contributed by atoms with Gasteiger partial charge in [-0.1, -0.05) is 0 Å². The standard InChI is InChI=1S/C17H16FN5O3/c1-10-8-11(2-3-13(10)18)23-15(22-7-5-19-16(22)24)12-9-21(17(25)26)6-4-14(12)20-23/h2-3,5,7-8H,4,6,9H2,1H3,(H,19,24)(H,25,26). The van der Waals surface area contributed by atoms with Gasteiger partial charge in [0.25, 0.3) is 0 Å². The molecule has 2 N–H and O–H groups in total. The molecule has 0 saturated heterocycles. The average Bonchev–Trinajstić information content (AvgIpc) is 3.19. The lowest BCUT2D eigenvalue weighted by atomic mass is 10.1. The highest BCUT2D eigenvalue weighted by Gasteiger charge is 2.29. The quantitative estimate of drug-likeness (QED) is 0.731. The zero-order valence-electron chi connectivity index (χ0n) is 13.9. The number of aryl methyl sites for hydroxylation is 1. The largest absolute Gasteiger partial charge is 0.465 e. The van der Waals surface area contributed by atoms with Crippen LogP contribution >= 0.6 is 0 Å². The van der Waals surface area contributed by atoms with Crippen LogP contribution in [0, 0.1) is 12.7 Å². The SMILES string of the molecule is Cc1cc(-n2nc3c(c2-n2cc[nH]c2=O)CN(C(=O)O)CC3)ccc1F. The van der Waals surface area contributed by atoms with E-state index in [1.165, 1.54) is 21.7 Å². The van der Waals surface area contributed by atoms with E-state index in [4.69, 9.17) is 0 Å². The number of aromatic nitrogens is 4. The number of imidazole rings is 1. The summed E-state index contributed by atoms with van der Waals surface area (Å²) < 4.78 is 16.6. The van der Waals surface area contributed by atoms with Crippen molar-refractivity contribution < 1.29 is 14.3 Å². The van der Waals surface area contributed by atoms with Crippen LogP contribution in [0.3, 0.4) is 0 Å². The average molecular weight is 357 g/mol. The monoisotopic (exact) mass is 357 g/mol. The lowest BCUT2D eigenvalue weighted by Crippen LogP contribution is -2.35. The number of H-pyrrole nitrogens is 1. The molecule has 0 fully saturated rings. The molecule has 1 aliphatic rings. The molecule has 0 bridgehead atoms. The third-order valence-corrected chi connectivity index (χ3v) is 4.54. The molecule has 0 unspecified atom stereocenters. The van der Waals surface area contributed by atoms with E-state index >= 15 is 0 Å². The van der Waals surface area contributed by atoms with Crippen molar-refractivity contribution in [3.63, 3.8) is 0 Å². The van der Waals surface area contributed by atoms with Crippen molar-refractivity contribution >= 4 is 6.09 Å². The summed E-state index contributed by atoms with van der Waals surface area (Å²) in [6, 6.07) is 4.57. The van der Waals surface area contributed by atoms with E-state index in [0.717, 1.165) is 5.69 Å². The Kier molecular flexibility index (Phi) is 3.64. The Bertz CT molecular complexity index is 1060.